The molecule has 1 amide bonds. The van der Waals surface area contributed by atoms with E-state index < -0.39 is 5.97 Å². The molecule has 1 aliphatic heterocycles. The smallest absolute Gasteiger partial charge is 0.410 e. The average molecular weight is 332 g/mol. The number of benzene rings is 1. The summed E-state index contributed by atoms with van der Waals surface area (Å²) in [6.45, 7) is 2.47. The molecule has 2 fully saturated rings. The Morgan fingerprint density at radius 2 is 1.96 bits per heavy atom. The van der Waals surface area contributed by atoms with Crippen molar-refractivity contribution in [1.82, 2.24) is 9.80 Å². The zero-order chi connectivity index (χ0) is 16.9. The summed E-state index contributed by atoms with van der Waals surface area (Å²) in [6.07, 6.45) is 2.80. The van der Waals surface area contributed by atoms with Crippen molar-refractivity contribution in [3.63, 3.8) is 0 Å². The van der Waals surface area contributed by atoms with Crippen molar-refractivity contribution >= 4 is 12.1 Å². The molecule has 130 valence electrons. The van der Waals surface area contributed by atoms with E-state index >= 15 is 0 Å². The summed E-state index contributed by atoms with van der Waals surface area (Å²) in [6, 6.07) is 10.0. The first-order valence-corrected chi connectivity index (χ1v) is 8.53. The quantitative estimate of drug-likeness (QED) is 0.829. The maximum Gasteiger partial charge on any atom is 0.410 e. The van der Waals surface area contributed by atoms with E-state index in [1.807, 2.05) is 35.2 Å². The van der Waals surface area contributed by atoms with E-state index in [1.165, 1.54) is 0 Å². The first-order chi connectivity index (χ1) is 11.6. The van der Waals surface area contributed by atoms with Crippen LogP contribution in [-0.2, 0) is 16.1 Å². The van der Waals surface area contributed by atoms with Crippen molar-refractivity contribution in [2.45, 2.75) is 31.9 Å². The molecule has 1 aromatic rings. The second-order valence-electron chi connectivity index (χ2n) is 6.70. The van der Waals surface area contributed by atoms with Gasteiger partial charge in [-0.3, -0.25) is 9.69 Å². The SMILES string of the molecule is O=C(O)CN(CC1CCN(C(=O)OCc2ccccc2)C1)C1CC1. The van der Waals surface area contributed by atoms with Crippen LogP contribution in [0.15, 0.2) is 30.3 Å². The van der Waals surface area contributed by atoms with Crippen LogP contribution in [0.4, 0.5) is 4.79 Å². The summed E-state index contributed by atoms with van der Waals surface area (Å²) in [4.78, 5) is 26.9. The minimum absolute atomic E-state index is 0.0968. The van der Waals surface area contributed by atoms with E-state index in [-0.39, 0.29) is 19.2 Å². The van der Waals surface area contributed by atoms with E-state index in [0.29, 0.717) is 25.0 Å². The summed E-state index contributed by atoms with van der Waals surface area (Å²) in [7, 11) is 0. The van der Waals surface area contributed by atoms with Gasteiger partial charge in [0.05, 0.1) is 6.54 Å². The standard InChI is InChI=1S/C18H24N2O4/c21-17(22)12-20(16-6-7-16)11-15-8-9-19(10-15)18(23)24-13-14-4-2-1-3-5-14/h1-5,15-16H,6-13H2,(H,21,22). The molecule has 1 aromatic carbocycles. The largest absolute Gasteiger partial charge is 0.480 e. The van der Waals surface area contributed by atoms with Gasteiger partial charge in [-0.2, -0.15) is 0 Å². The van der Waals surface area contributed by atoms with Gasteiger partial charge in [-0.1, -0.05) is 30.3 Å². The van der Waals surface area contributed by atoms with Crippen LogP contribution < -0.4 is 0 Å². The van der Waals surface area contributed by atoms with Gasteiger partial charge in [0.2, 0.25) is 0 Å². The van der Waals surface area contributed by atoms with Crippen LogP contribution in [-0.4, -0.2) is 59.2 Å². The minimum Gasteiger partial charge on any atom is -0.480 e. The molecular formula is C18H24N2O4. The maximum atomic E-state index is 12.2. The Balaban J connectivity index is 1.44. The van der Waals surface area contributed by atoms with E-state index in [1.54, 1.807) is 4.90 Å². The fraction of sp³-hybridized carbons (Fsp3) is 0.556. The van der Waals surface area contributed by atoms with Crippen molar-refractivity contribution < 1.29 is 19.4 Å². The van der Waals surface area contributed by atoms with Crippen molar-refractivity contribution in [1.29, 1.82) is 0 Å². The summed E-state index contributed by atoms with van der Waals surface area (Å²) in [5, 5.41) is 9.03. The first-order valence-electron chi connectivity index (χ1n) is 8.53. The number of likely N-dealkylation sites (tertiary alicyclic amines) is 1. The number of hydrogen-bond donors (Lipinski definition) is 1. The fourth-order valence-electron chi connectivity index (χ4n) is 3.25. The molecule has 3 rings (SSSR count). The maximum absolute atomic E-state index is 12.2. The van der Waals surface area contributed by atoms with Gasteiger partial charge in [-0.05, 0) is 30.7 Å². The molecule has 24 heavy (non-hydrogen) atoms. The van der Waals surface area contributed by atoms with Crippen LogP contribution in [0, 0.1) is 5.92 Å². The molecule has 6 heteroatoms. The normalized spacial score (nSPS) is 20.4. The number of carboxylic acid groups (broad SMARTS) is 1. The van der Waals surface area contributed by atoms with Crippen LogP contribution in [0.1, 0.15) is 24.8 Å². The zero-order valence-electron chi connectivity index (χ0n) is 13.8. The number of ether oxygens (including phenoxy) is 1. The topological polar surface area (TPSA) is 70.1 Å². The van der Waals surface area contributed by atoms with E-state index in [9.17, 15) is 9.59 Å². The highest BCUT2D eigenvalue weighted by atomic mass is 16.6. The highest BCUT2D eigenvalue weighted by molar-refractivity contribution is 5.69. The second kappa shape index (κ2) is 7.66. The number of carboxylic acids is 1. The number of nitrogens with zero attached hydrogens (tertiary/aromatic N) is 2. The predicted molar refractivity (Wildman–Crippen MR) is 88.5 cm³/mol. The van der Waals surface area contributed by atoms with Gasteiger partial charge in [0.15, 0.2) is 0 Å². The highest BCUT2D eigenvalue weighted by Gasteiger charge is 2.34. The Morgan fingerprint density at radius 3 is 2.62 bits per heavy atom. The van der Waals surface area contributed by atoms with E-state index in [0.717, 1.165) is 31.4 Å². The number of carbonyl (C=O) groups is 2. The van der Waals surface area contributed by atoms with Gasteiger partial charge in [-0.15, -0.1) is 0 Å². The molecule has 0 radical (unpaired) electrons. The van der Waals surface area contributed by atoms with Crippen LogP contribution in [0.2, 0.25) is 0 Å². The van der Waals surface area contributed by atoms with Crippen molar-refractivity contribution in [3.05, 3.63) is 35.9 Å². The molecule has 1 atom stereocenters. The van der Waals surface area contributed by atoms with Gasteiger partial charge >= 0.3 is 12.1 Å². The van der Waals surface area contributed by atoms with Gasteiger partial charge in [0.25, 0.3) is 0 Å². The Kier molecular flexibility index (Phi) is 5.35. The van der Waals surface area contributed by atoms with Crippen LogP contribution >= 0.6 is 0 Å². The molecule has 1 aliphatic carbocycles. The molecule has 2 aliphatic rings. The Morgan fingerprint density at radius 1 is 1.21 bits per heavy atom. The van der Waals surface area contributed by atoms with Gasteiger partial charge in [0, 0.05) is 25.7 Å². The van der Waals surface area contributed by atoms with E-state index in [2.05, 4.69) is 0 Å². The third-order valence-electron chi connectivity index (χ3n) is 4.64. The summed E-state index contributed by atoms with van der Waals surface area (Å²) in [5.74, 6) is -0.451. The van der Waals surface area contributed by atoms with Gasteiger partial charge in [-0.25, -0.2) is 4.79 Å². The number of aliphatic carboxylic acids is 1. The third-order valence-corrected chi connectivity index (χ3v) is 4.64. The Labute approximate surface area is 142 Å². The number of rotatable bonds is 7. The molecule has 1 heterocycles. The lowest BCUT2D eigenvalue weighted by Crippen LogP contribution is -2.37. The van der Waals surface area contributed by atoms with Crippen LogP contribution in [0.5, 0.6) is 0 Å². The lowest BCUT2D eigenvalue weighted by molar-refractivity contribution is -0.138. The number of amides is 1. The fourth-order valence-corrected chi connectivity index (χ4v) is 3.25. The molecule has 1 saturated carbocycles. The lowest BCUT2D eigenvalue weighted by atomic mass is 10.1. The number of hydrogen-bond acceptors (Lipinski definition) is 4. The Bertz CT molecular complexity index is 574. The predicted octanol–water partition coefficient (Wildman–Crippen LogP) is 2.19. The van der Waals surface area contributed by atoms with Gasteiger partial charge < -0.3 is 14.7 Å². The molecule has 1 saturated heterocycles. The first kappa shape index (κ1) is 16.8. The second-order valence-corrected chi connectivity index (χ2v) is 6.70. The minimum atomic E-state index is -0.779. The molecule has 1 unspecified atom stereocenters. The monoisotopic (exact) mass is 332 g/mol. The van der Waals surface area contributed by atoms with Crippen molar-refractivity contribution in [3.8, 4) is 0 Å². The summed E-state index contributed by atoms with van der Waals surface area (Å²) < 4.78 is 5.37. The summed E-state index contributed by atoms with van der Waals surface area (Å²) in [5.41, 5.74) is 0.975. The zero-order valence-corrected chi connectivity index (χ0v) is 13.8. The third kappa shape index (κ3) is 4.71. The van der Waals surface area contributed by atoms with Crippen molar-refractivity contribution in [2.75, 3.05) is 26.2 Å². The molecular weight excluding hydrogens is 308 g/mol. The molecule has 6 nitrogen and oxygen atoms in total. The molecule has 0 spiro atoms. The Hall–Kier alpha value is -2.08. The van der Waals surface area contributed by atoms with Crippen molar-refractivity contribution in [2.24, 2.45) is 5.92 Å². The van der Waals surface area contributed by atoms with Gasteiger partial charge in [0.1, 0.15) is 6.61 Å². The number of carbonyl (C=O) groups excluding carboxylic acids is 1. The molecule has 0 aromatic heterocycles. The molecule has 1 N–H and O–H groups in total. The lowest BCUT2D eigenvalue weighted by Gasteiger charge is -2.23. The highest BCUT2D eigenvalue weighted by Crippen LogP contribution is 2.29. The molecule has 0 bridgehead atoms. The van der Waals surface area contributed by atoms with Crippen LogP contribution in [0.25, 0.3) is 0 Å². The summed E-state index contributed by atoms with van der Waals surface area (Å²) >= 11 is 0. The average Bonchev–Trinajstić information content (AvgIpc) is 3.32. The van der Waals surface area contributed by atoms with E-state index in [4.69, 9.17) is 9.84 Å². The van der Waals surface area contributed by atoms with Crippen LogP contribution in [0.3, 0.4) is 0 Å².